The molecule has 0 radical (unpaired) electrons. The molecule has 0 saturated carbocycles. The average molecular weight is 439 g/mol. The normalized spacial score (nSPS) is 30.0. The molecule has 33 heavy (non-hydrogen) atoms. The maximum Gasteiger partial charge on any atom is 0.123 e. The van der Waals surface area contributed by atoms with Gasteiger partial charge < -0.3 is 10.1 Å². The standard InChI is InChI=1S/C30H34N2O/c1-33-27-15-9-8-14-23(27)20-31-29-24-18-25-16-17-26(19-24)32(25)30(29)28(21-10-4-2-5-11-21)22-12-6-3-7-13-22/h2-15,24-26,28-31H,16-20H2,1H3/t24?,25?,26?,29-,30-/m1/s1. The predicted molar refractivity (Wildman–Crippen MR) is 134 cm³/mol. The number of methoxy groups -OCH3 is 1. The van der Waals surface area contributed by atoms with Gasteiger partial charge in [-0.15, -0.1) is 0 Å². The maximum absolute atomic E-state index is 5.65. The van der Waals surface area contributed by atoms with Crippen LogP contribution >= 0.6 is 0 Å². The van der Waals surface area contributed by atoms with E-state index in [1.54, 1.807) is 7.11 Å². The Labute approximate surface area is 197 Å². The van der Waals surface area contributed by atoms with Gasteiger partial charge in [-0.3, -0.25) is 4.90 Å². The second-order valence-corrected chi connectivity index (χ2v) is 10.1. The Morgan fingerprint density at radius 2 is 1.39 bits per heavy atom. The highest BCUT2D eigenvalue weighted by Gasteiger charge is 2.56. The molecule has 0 spiro atoms. The number of nitrogens with one attached hydrogen (secondary N) is 1. The molecule has 3 nitrogen and oxygen atoms in total. The summed E-state index contributed by atoms with van der Waals surface area (Å²) in [5.74, 6) is 2.08. The smallest absolute Gasteiger partial charge is 0.123 e. The summed E-state index contributed by atoms with van der Waals surface area (Å²) in [7, 11) is 1.77. The van der Waals surface area contributed by atoms with Gasteiger partial charge in [-0.25, -0.2) is 0 Å². The number of nitrogens with zero attached hydrogens (tertiary/aromatic N) is 1. The van der Waals surface area contributed by atoms with E-state index in [9.17, 15) is 0 Å². The van der Waals surface area contributed by atoms with Gasteiger partial charge >= 0.3 is 0 Å². The van der Waals surface area contributed by atoms with Crippen LogP contribution < -0.4 is 10.1 Å². The van der Waals surface area contributed by atoms with Crippen molar-refractivity contribution in [3.05, 3.63) is 102 Å². The van der Waals surface area contributed by atoms with Gasteiger partial charge in [0.25, 0.3) is 0 Å². The first-order valence-corrected chi connectivity index (χ1v) is 12.6. The molecule has 0 aliphatic carbocycles. The van der Waals surface area contributed by atoms with Crippen molar-refractivity contribution in [3.8, 4) is 5.75 Å². The molecular weight excluding hydrogens is 404 g/mol. The van der Waals surface area contributed by atoms with Crippen molar-refractivity contribution in [3.63, 3.8) is 0 Å². The molecule has 170 valence electrons. The molecule has 0 aromatic heterocycles. The van der Waals surface area contributed by atoms with Crippen LogP contribution in [0.4, 0.5) is 0 Å². The predicted octanol–water partition coefficient (Wildman–Crippen LogP) is 5.61. The van der Waals surface area contributed by atoms with Gasteiger partial charge in [0.1, 0.15) is 5.75 Å². The zero-order chi connectivity index (χ0) is 22.2. The summed E-state index contributed by atoms with van der Waals surface area (Å²) in [5, 5.41) is 4.06. The molecule has 4 fully saturated rings. The summed E-state index contributed by atoms with van der Waals surface area (Å²) in [4.78, 5) is 2.94. The number of rotatable bonds is 7. The molecule has 1 N–H and O–H groups in total. The van der Waals surface area contributed by atoms with Gasteiger partial charge in [0.15, 0.2) is 0 Å². The number of fused-ring (bicyclic) bond motifs is 1. The second kappa shape index (κ2) is 8.96. The molecule has 3 aromatic carbocycles. The number of hydrogen-bond donors (Lipinski definition) is 1. The first-order valence-electron chi connectivity index (χ1n) is 12.6. The lowest BCUT2D eigenvalue weighted by atomic mass is 9.68. The zero-order valence-electron chi connectivity index (χ0n) is 19.4. The number of para-hydroxylation sites is 1. The van der Waals surface area contributed by atoms with E-state index in [2.05, 4.69) is 95.1 Å². The summed E-state index contributed by atoms with van der Waals surface area (Å²) in [6.07, 6.45) is 5.42. The third kappa shape index (κ3) is 3.78. The van der Waals surface area contributed by atoms with Gasteiger partial charge in [-0.1, -0.05) is 78.9 Å². The van der Waals surface area contributed by atoms with Crippen molar-refractivity contribution < 1.29 is 4.74 Å². The minimum absolute atomic E-state index is 0.369. The number of hydrogen-bond acceptors (Lipinski definition) is 3. The van der Waals surface area contributed by atoms with Crippen molar-refractivity contribution in [2.75, 3.05) is 7.11 Å². The Morgan fingerprint density at radius 3 is 2.00 bits per heavy atom. The highest BCUT2D eigenvalue weighted by molar-refractivity contribution is 5.37. The van der Waals surface area contributed by atoms with Crippen LogP contribution in [0.15, 0.2) is 84.9 Å². The first-order chi connectivity index (χ1) is 16.3. The van der Waals surface area contributed by atoms with Crippen LogP contribution in [0.25, 0.3) is 0 Å². The molecule has 3 heteroatoms. The van der Waals surface area contributed by atoms with Crippen LogP contribution in [-0.2, 0) is 6.54 Å². The Morgan fingerprint density at radius 1 is 0.818 bits per heavy atom. The van der Waals surface area contributed by atoms with Crippen molar-refractivity contribution in [2.45, 2.75) is 62.3 Å². The number of ether oxygens (including phenoxy) is 1. The fourth-order valence-corrected chi connectivity index (χ4v) is 7.15. The van der Waals surface area contributed by atoms with Crippen LogP contribution in [0.1, 0.15) is 48.3 Å². The SMILES string of the molecule is COc1ccccc1CN[C@@H]1C2CC3CCC(C2)N3[C@@H]1C(c1ccccc1)c1ccccc1. The Bertz CT molecular complexity index is 1020. The van der Waals surface area contributed by atoms with E-state index >= 15 is 0 Å². The highest BCUT2D eigenvalue weighted by Crippen LogP contribution is 2.52. The van der Waals surface area contributed by atoms with Crippen molar-refractivity contribution in [1.82, 2.24) is 10.2 Å². The van der Waals surface area contributed by atoms with Crippen molar-refractivity contribution in [2.24, 2.45) is 5.92 Å². The molecule has 2 unspecified atom stereocenters. The number of piperidine rings is 3. The topological polar surface area (TPSA) is 24.5 Å². The minimum Gasteiger partial charge on any atom is -0.496 e. The monoisotopic (exact) mass is 438 g/mol. The molecule has 0 amide bonds. The number of benzene rings is 3. The van der Waals surface area contributed by atoms with Gasteiger partial charge in [-0.05, 0) is 48.8 Å². The molecule has 4 atom stereocenters. The lowest BCUT2D eigenvalue weighted by Crippen LogP contribution is -2.68. The fourth-order valence-electron chi connectivity index (χ4n) is 7.15. The Hall–Kier alpha value is -2.62. The van der Waals surface area contributed by atoms with E-state index in [0.29, 0.717) is 18.0 Å². The van der Waals surface area contributed by atoms with E-state index < -0.39 is 0 Å². The largest absolute Gasteiger partial charge is 0.496 e. The molecular formula is C30H34N2O. The van der Waals surface area contributed by atoms with Crippen LogP contribution in [0.2, 0.25) is 0 Å². The van der Waals surface area contributed by atoms with Gasteiger partial charge in [0.2, 0.25) is 0 Å². The van der Waals surface area contributed by atoms with Gasteiger partial charge in [0, 0.05) is 42.2 Å². The van der Waals surface area contributed by atoms with E-state index in [-0.39, 0.29) is 0 Å². The van der Waals surface area contributed by atoms with E-state index in [0.717, 1.165) is 30.3 Å². The van der Waals surface area contributed by atoms with Crippen molar-refractivity contribution >= 4 is 0 Å². The lowest BCUT2D eigenvalue weighted by Gasteiger charge is -2.58. The second-order valence-electron chi connectivity index (χ2n) is 10.1. The summed E-state index contributed by atoms with van der Waals surface area (Å²) >= 11 is 0. The molecule has 4 heterocycles. The Kier molecular flexibility index (Phi) is 5.69. The van der Waals surface area contributed by atoms with Gasteiger partial charge in [0.05, 0.1) is 7.11 Å². The van der Waals surface area contributed by atoms with E-state index in [1.165, 1.54) is 42.4 Å². The molecule has 4 saturated heterocycles. The van der Waals surface area contributed by atoms with Crippen LogP contribution in [0.5, 0.6) is 5.75 Å². The van der Waals surface area contributed by atoms with Gasteiger partial charge in [-0.2, -0.15) is 0 Å². The molecule has 4 aliphatic heterocycles. The summed E-state index contributed by atoms with van der Waals surface area (Å²) in [6, 6.07) is 33.3. The van der Waals surface area contributed by atoms with E-state index in [4.69, 9.17) is 4.74 Å². The summed E-state index contributed by atoms with van der Waals surface area (Å²) < 4.78 is 5.65. The third-order valence-electron chi connectivity index (χ3n) is 8.43. The third-order valence-corrected chi connectivity index (χ3v) is 8.43. The molecule has 7 rings (SSSR count). The molecule has 3 aromatic rings. The van der Waals surface area contributed by atoms with Crippen LogP contribution in [-0.4, -0.2) is 36.2 Å². The summed E-state index contributed by atoms with van der Waals surface area (Å²) in [6.45, 7) is 0.848. The minimum atomic E-state index is 0.369. The quantitative estimate of drug-likeness (QED) is 0.519. The van der Waals surface area contributed by atoms with Crippen LogP contribution in [0.3, 0.4) is 0 Å². The first kappa shape index (κ1) is 20.9. The summed E-state index contributed by atoms with van der Waals surface area (Å²) in [5.41, 5.74) is 4.11. The highest BCUT2D eigenvalue weighted by atomic mass is 16.5. The van der Waals surface area contributed by atoms with E-state index in [1.807, 2.05) is 0 Å². The zero-order valence-corrected chi connectivity index (χ0v) is 19.4. The molecule has 4 aliphatic rings. The maximum atomic E-state index is 5.65. The lowest BCUT2D eigenvalue weighted by molar-refractivity contribution is -0.0465. The average Bonchev–Trinajstić information content (AvgIpc) is 3.17. The van der Waals surface area contributed by atoms with Crippen molar-refractivity contribution in [1.29, 1.82) is 0 Å². The van der Waals surface area contributed by atoms with Crippen LogP contribution in [0, 0.1) is 5.92 Å². The Balaban J connectivity index is 1.39. The fraction of sp³-hybridized carbons (Fsp3) is 0.400. The molecule has 4 bridgehead atoms.